The SMILES string of the molecule is Cc1ccc(CSC2=C(C(=O)O)N3C(=O)C([C@@H](C)O)C3C2)c[n+]1C. The molecule has 0 bridgehead atoms. The van der Waals surface area contributed by atoms with Crippen LogP contribution in [0.5, 0.6) is 0 Å². The molecule has 0 aliphatic carbocycles. The van der Waals surface area contributed by atoms with Crippen LogP contribution in [0.3, 0.4) is 0 Å². The second-order valence-electron chi connectivity index (χ2n) is 6.40. The van der Waals surface area contributed by atoms with Crippen LogP contribution in [0.1, 0.15) is 24.6 Å². The van der Waals surface area contributed by atoms with E-state index in [1.807, 2.05) is 36.9 Å². The number of aryl methyl sites for hydroxylation is 2. The molecule has 2 aliphatic rings. The van der Waals surface area contributed by atoms with E-state index in [1.165, 1.54) is 16.7 Å². The Morgan fingerprint density at radius 1 is 1.50 bits per heavy atom. The number of pyridine rings is 1. The molecule has 6 nitrogen and oxygen atoms in total. The number of carbonyl (C=O) groups is 2. The molecule has 3 heterocycles. The van der Waals surface area contributed by atoms with Gasteiger partial charge >= 0.3 is 5.97 Å². The van der Waals surface area contributed by atoms with Crippen LogP contribution in [0.25, 0.3) is 0 Å². The zero-order valence-corrected chi connectivity index (χ0v) is 14.7. The number of aliphatic hydroxyl groups excluding tert-OH is 1. The van der Waals surface area contributed by atoms with E-state index < -0.39 is 18.0 Å². The molecule has 1 amide bonds. The quantitative estimate of drug-likeness (QED) is 0.611. The zero-order chi connectivity index (χ0) is 17.6. The molecular weight excluding hydrogens is 328 g/mol. The summed E-state index contributed by atoms with van der Waals surface area (Å²) in [5, 5.41) is 19.2. The summed E-state index contributed by atoms with van der Waals surface area (Å²) in [5.41, 5.74) is 2.32. The molecule has 0 aromatic carbocycles. The lowest BCUT2D eigenvalue weighted by molar-refractivity contribution is -0.678. The van der Waals surface area contributed by atoms with Gasteiger partial charge in [-0.3, -0.25) is 4.79 Å². The Morgan fingerprint density at radius 3 is 2.79 bits per heavy atom. The highest BCUT2D eigenvalue weighted by molar-refractivity contribution is 8.02. The summed E-state index contributed by atoms with van der Waals surface area (Å²) in [6, 6.07) is 3.83. The number of carboxylic acids is 1. The molecule has 1 aromatic heterocycles. The van der Waals surface area contributed by atoms with Crippen molar-refractivity contribution < 1.29 is 24.4 Å². The number of β-lactam (4-membered cyclic amide) rings is 1. The van der Waals surface area contributed by atoms with Crippen molar-refractivity contribution in [3.05, 3.63) is 40.2 Å². The fourth-order valence-electron chi connectivity index (χ4n) is 3.35. The number of nitrogens with zero attached hydrogens (tertiary/aromatic N) is 2. The Bertz CT molecular complexity index is 744. The first kappa shape index (κ1) is 17.0. The fourth-order valence-corrected chi connectivity index (χ4v) is 4.48. The van der Waals surface area contributed by atoms with Gasteiger partial charge in [0.05, 0.1) is 18.1 Å². The Kier molecular flexibility index (Phi) is 4.40. The van der Waals surface area contributed by atoms with E-state index in [4.69, 9.17) is 0 Å². The van der Waals surface area contributed by atoms with Gasteiger partial charge in [-0.15, -0.1) is 11.8 Å². The van der Waals surface area contributed by atoms with Gasteiger partial charge in [-0.05, 0) is 13.0 Å². The molecule has 0 saturated carbocycles. The van der Waals surface area contributed by atoms with Crippen molar-refractivity contribution in [3.63, 3.8) is 0 Å². The number of aromatic nitrogens is 1. The smallest absolute Gasteiger partial charge is 0.353 e. The monoisotopic (exact) mass is 349 g/mol. The highest BCUT2D eigenvalue weighted by atomic mass is 32.2. The zero-order valence-electron chi connectivity index (χ0n) is 13.9. The van der Waals surface area contributed by atoms with Gasteiger partial charge in [-0.25, -0.2) is 9.36 Å². The molecule has 2 aliphatic heterocycles. The molecule has 1 aromatic rings. The van der Waals surface area contributed by atoms with E-state index in [2.05, 4.69) is 0 Å². The summed E-state index contributed by atoms with van der Waals surface area (Å²) < 4.78 is 2.03. The van der Waals surface area contributed by atoms with Crippen molar-refractivity contribution in [2.75, 3.05) is 0 Å². The lowest BCUT2D eigenvalue weighted by atomic mass is 9.83. The van der Waals surface area contributed by atoms with Gasteiger partial charge in [0.1, 0.15) is 12.7 Å². The Hall–Kier alpha value is -1.86. The van der Waals surface area contributed by atoms with E-state index in [-0.39, 0.29) is 17.6 Å². The number of aliphatic carboxylic acids is 1. The van der Waals surface area contributed by atoms with E-state index in [0.717, 1.165) is 11.3 Å². The van der Waals surface area contributed by atoms with E-state index in [9.17, 15) is 19.8 Å². The van der Waals surface area contributed by atoms with Gasteiger partial charge in [-0.1, -0.05) is 0 Å². The third kappa shape index (κ3) is 2.71. The lowest BCUT2D eigenvalue weighted by Crippen LogP contribution is -2.61. The average molecular weight is 349 g/mol. The lowest BCUT2D eigenvalue weighted by Gasteiger charge is -2.44. The largest absolute Gasteiger partial charge is 0.477 e. The van der Waals surface area contributed by atoms with Crippen molar-refractivity contribution in [2.24, 2.45) is 13.0 Å². The van der Waals surface area contributed by atoms with Crippen molar-refractivity contribution in [1.29, 1.82) is 0 Å². The van der Waals surface area contributed by atoms with Gasteiger partial charge in [0.25, 0.3) is 0 Å². The summed E-state index contributed by atoms with van der Waals surface area (Å²) in [7, 11) is 1.97. The summed E-state index contributed by atoms with van der Waals surface area (Å²) >= 11 is 1.46. The maximum absolute atomic E-state index is 12.2. The number of rotatable bonds is 5. The molecule has 1 fully saturated rings. The number of carbonyl (C=O) groups excluding carboxylic acids is 1. The van der Waals surface area contributed by atoms with E-state index in [1.54, 1.807) is 6.92 Å². The Morgan fingerprint density at radius 2 is 2.21 bits per heavy atom. The summed E-state index contributed by atoms with van der Waals surface area (Å²) in [6.07, 6.45) is 1.77. The van der Waals surface area contributed by atoms with Crippen molar-refractivity contribution in [1.82, 2.24) is 4.90 Å². The van der Waals surface area contributed by atoms with Gasteiger partial charge in [0, 0.05) is 35.6 Å². The van der Waals surface area contributed by atoms with Crippen LogP contribution < -0.4 is 4.57 Å². The molecule has 7 heteroatoms. The standard InChI is InChI=1S/C17H20N2O4S/c1-9-4-5-11(7-18(9)3)8-24-13-6-12-14(10(2)20)16(21)19(12)15(13)17(22)23/h4-5,7,10,12,14,20H,6,8H2,1-3H3/p+1/t10-,12?,14?/m1/s1. The summed E-state index contributed by atoms with van der Waals surface area (Å²) in [5.74, 6) is -1.21. The molecule has 2 N–H and O–H groups in total. The van der Waals surface area contributed by atoms with Crippen LogP contribution in [0, 0.1) is 12.8 Å². The number of fused-ring (bicyclic) bond motifs is 1. The predicted octanol–water partition coefficient (Wildman–Crippen LogP) is 0.960. The molecule has 0 radical (unpaired) electrons. The second kappa shape index (κ2) is 6.22. The highest BCUT2D eigenvalue weighted by Crippen LogP contribution is 2.47. The topological polar surface area (TPSA) is 81.7 Å². The normalized spacial score (nSPS) is 24.0. The second-order valence-corrected chi connectivity index (χ2v) is 7.47. The van der Waals surface area contributed by atoms with Gasteiger partial charge < -0.3 is 15.1 Å². The number of aliphatic hydroxyl groups is 1. The van der Waals surface area contributed by atoms with Crippen LogP contribution in [0.15, 0.2) is 28.9 Å². The van der Waals surface area contributed by atoms with Crippen molar-refractivity contribution in [3.8, 4) is 0 Å². The molecule has 3 atom stereocenters. The summed E-state index contributed by atoms with van der Waals surface area (Å²) in [4.78, 5) is 25.8. The Labute approximate surface area is 144 Å². The minimum absolute atomic E-state index is 0.0865. The summed E-state index contributed by atoms with van der Waals surface area (Å²) in [6.45, 7) is 3.60. The number of hydrogen-bond donors (Lipinski definition) is 2. The van der Waals surface area contributed by atoms with Crippen LogP contribution in [0.4, 0.5) is 0 Å². The third-order valence-corrected chi connectivity index (χ3v) is 5.94. The van der Waals surface area contributed by atoms with Crippen LogP contribution in [0.2, 0.25) is 0 Å². The van der Waals surface area contributed by atoms with Crippen molar-refractivity contribution >= 4 is 23.6 Å². The van der Waals surface area contributed by atoms with Crippen molar-refractivity contribution in [2.45, 2.75) is 38.2 Å². The van der Waals surface area contributed by atoms with Gasteiger partial charge in [-0.2, -0.15) is 0 Å². The fraction of sp³-hybridized carbons (Fsp3) is 0.471. The highest BCUT2D eigenvalue weighted by Gasteiger charge is 2.56. The van der Waals surface area contributed by atoms with E-state index in [0.29, 0.717) is 17.1 Å². The maximum Gasteiger partial charge on any atom is 0.353 e. The number of amides is 1. The number of carboxylic acid groups (broad SMARTS) is 1. The first-order valence-corrected chi connectivity index (χ1v) is 8.85. The molecular formula is C17H21N2O4S+. The maximum atomic E-state index is 12.2. The predicted molar refractivity (Wildman–Crippen MR) is 88.7 cm³/mol. The van der Waals surface area contributed by atoms with E-state index >= 15 is 0 Å². The van der Waals surface area contributed by atoms with Crippen LogP contribution >= 0.6 is 11.8 Å². The minimum atomic E-state index is -1.08. The molecule has 128 valence electrons. The van der Waals surface area contributed by atoms with Gasteiger partial charge in [0.15, 0.2) is 11.9 Å². The molecule has 1 saturated heterocycles. The third-order valence-electron chi connectivity index (χ3n) is 4.76. The Balaban J connectivity index is 1.78. The molecule has 24 heavy (non-hydrogen) atoms. The van der Waals surface area contributed by atoms with Crippen LogP contribution in [-0.4, -0.2) is 39.1 Å². The number of thioether (sulfide) groups is 1. The molecule has 2 unspecified atom stereocenters. The van der Waals surface area contributed by atoms with Crippen LogP contribution in [-0.2, 0) is 22.4 Å². The molecule has 0 spiro atoms. The average Bonchev–Trinajstić information content (AvgIpc) is 2.82. The first-order chi connectivity index (χ1) is 11.3. The first-order valence-electron chi connectivity index (χ1n) is 7.86. The number of hydrogen-bond acceptors (Lipinski definition) is 4. The minimum Gasteiger partial charge on any atom is -0.477 e. The molecule has 3 rings (SSSR count). The van der Waals surface area contributed by atoms with Gasteiger partial charge in [0.2, 0.25) is 5.91 Å².